The normalized spacial score (nSPS) is 20.9. The molecule has 0 spiro atoms. The third-order valence-corrected chi connectivity index (χ3v) is 9.20. The Morgan fingerprint density at radius 2 is 1.48 bits per heavy atom. The molecule has 0 unspecified atom stereocenters. The number of hydrogen-bond acceptors (Lipinski definition) is 3. The third-order valence-electron chi connectivity index (χ3n) is 9.20. The molecule has 1 aliphatic carbocycles. The van der Waals surface area contributed by atoms with Crippen LogP contribution in [-0.2, 0) is 20.1 Å². The van der Waals surface area contributed by atoms with E-state index < -0.39 is 33.3 Å². The summed E-state index contributed by atoms with van der Waals surface area (Å²) in [5.74, 6) is -1.05. The van der Waals surface area contributed by atoms with E-state index in [1.165, 1.54) is 30.5 Å². The number of furan rings is 1. The van der Waals surface area contributed by atoms with Gasteiger partial charge in [0, 0.05) is 61.1 Å². The van der Waals surface area contributed by atoms with Gasteiger partial charge in [-0.1, -0.05) is 99.6 Å². The molecule has 257 valence electrons. The van der Waals surface area contributed by atoms with Crippen molar-refractivity contribution in [1.29, 1.82) is 0 Å². The second kappa shape index (κ2) is 13.9. The van der Waals surface area contributed by atoms with E-state index in [-0.39, 0.29) is 58.9 Å². The van der Waals surface area contributed by atoms with Gasteiger partial charge < -0.3 is 14.4 Å². The average Bonchev–Trinajstić information content (AvgIpc) is 3.55. The molecule has 3 heterocycles. The van der Waals surface area contributed by atoms with Crippen LogP contribution in [0.15, 0.2) is 95.7 Å². The number of nitrogens with zero attached hydrogens (tertiary/aromatic N) is 2. The largest absolute Gasteiger partial charge is 0.500 e. The van der Waals surface area contributed by atoms with Crippen molar-refractivity contribution in [3.63, 3.8) is 0 Å². The molecule has 7 aromatic rings. The minimum absolute atomic E-state index is 0. The first-order valence-electron chi connectivity index (χ1n) is 22.9. The first kappa shape index (κ1) is 22.7. The van der Waals surface area contributed by atoms with Gasteiger partial charge in [-0.05, 0) is 90.0 Å². The minimum atomic E-state index is -2.61. The zero-order chi connectivity index (χ0) is 45.4. The second-order valence-electron chi connectivity index (χ2n) is 14.5. The summed E-state index contributed by atoms with van der Waals surface area (Å²) in [6.45, 7) is -1.11. The Hall–Kier alpha value is -4.11. The molecule has 0 bridgehead atoms. The molecular formula is C46H46IrN2O-2. The molecule has 1 aliphatic rings. The van der Waals surface area contributed by atoms with Crippen LogP contribution < -0.4 is 0 Å². The van der Waals surface area contributed by atoms with Gasteiger partial charge >= 0.3 is 0 Å². The number of pyridine rings is 2. The van der Waals surface area contributed by atoms with E-state index in [0.29, 0.717) is 40.8 Å². The summed E-state index contributed by atoms with van der Waals surface area (Å²) in [6, 6.07) is 29.4. The van der Waals surface area contributed by atoms with Crippen LogP contribution in [0.3, 0.4) is 0 Å². The van der Waals surface area contributed by atoms with Crippen molar-refractivity contribution in [2.75, 3.05) is 0 Å². The van der Waals surface area contributed by atoms with Crippen LogP contribution >= 0.6 is 0 Å². The molecule has 0 saturated heterocycles. The van der Waals surface area contributed by atoms with Gasteiger partial charge in [-0.2, -0.15) is 0 Å². The van der Waals surface area contributed by atoms with Gasteiger partial charge in [0.1, 0.15) is 5.58 Å². The second-order valence-corrected chi connectivity index (χ2v) is 14.5. The molecule has 50 heavy (non-hydrogen) atoms. The number of fused-ring (bicyclic) bond motifs is 5. The smallest absolute Gasteiger partial charge is 0.128 e. The van der Waals surface area contributed by atoms with E-state index in [9.17, 15) is 1.37 Å². The van der Waals surface area contributed by atoms with Gasteiger partial charge in [-0.15, -0.1) is 53.6 Å². The maximum Gasteiger partial charge on any atom is 0.128 e. The molecule has 3 nitrogen and oxygen atoms in total. The van der Waals surface area contributed by atoms with Gasteiger partial charge in [-0.3, -0.25) is 0 Å². The molecular weight excluding hydrogens is 789 g/mol. The Balaban J connectivity index is 0.000000229. The quantitative estimate of drug-likeness (QED) is 0.166. The standard InChI is InChI=1S/C32H32NO.C14H14N.Ir/c1-20-18-33-28(15-27(20)22-16-31(2,3)19-32(4,5)17-22)26-12-8-11-24-25-14-13-21-9-6-7-10-23(21)29(25)34-30(24)26;1-10-4-6-13(7-5-10)14-8-11(2)12(3)9-15-14;/h6-11,13-15,18,22H,16-17,19H2,1-5H3;4-6,8-9H,1-3H3;/q2*-1;/i1D3,22D;1D3,2D3,3D3;. The average molecular weight is 848 g/mol. The zero-order valence-electron chi connectivity index (χ0n) is 41.4. The van der Waals surface area contributed by atoms with E-state index in [2.05, 4.69) is 74.1 Å². The molecule has 0 atom stereocenters. The molecule has 0 aliphatic heterocycles. The van der Waals surface area contributed by atoms with E-state index in [4.69, 9.17) is 20.9 Å². The number of benzene rings is 4. The minimum Gasteiger partial charge on any atom is -0.500 e. The van der Waals surface area contributed by atoms with Crippen LogP contribution in [0, 0.1) is 50.4 Å². The Bertz CT molecular complexity index is 2780. The maximum atomic E-state index is 9.68. The molecule has 4 heteroatoms. The predicted molar refractivity (Wildman–Crippen MR) is 205 cm³/mol. The van der Waals surface area contributed by atoms with Gasteiger partial charge in [0.25, 0.3) is 0 Å². The molecule has 0 amide bonds. The Morgan fingerprint density at radius 3 is 2.22 bits per heavy atom. The van der Waals surface area contributed by atoms with Crippen molar-refractivity contribution in [2.24, 2.45) is 10.8 Å². The summed E-state index contributed by atoms with van der Waals surface area (Å²) >= 11 is 0. The molecule has 1 radical (unpaired) electrons. The fraction of sp³-hybridized carbons (Fsp3) is 0.304. The fourth-order valence-corrected chi connectivity index (χ4v) is 7.56. The van der Waals surface area contributed by atoms with Crippen molar-refractivity contribution >= 4 is 32.7 Å². The van der Waals surface area contributed by atoms with Crippen LogP contribution in [0.2, 0.25) is 0 Å². The van der Waals surface area contributed by atoms with Crippen LogP contribution in [0.5, 0.6) is 0 Å². The summed E-state index contributed by atoms with van der Waals surface area (Å²) in [4.78, 5) is 8.62. The van der Waals surface area contributed by atoms with E-state index in [1.54, 1.807) is 0 Å². The van der Waals surface area contributed by atoms with Crippen LogP contribution in [0.25, 0.3) is 55.2 Å². The van der Waals surface area contributed by atoms with E-state index in [0.717, 1.165) is 39.7 Å². The summed E-state index contributed by atoms with van der Waals surface area (Å²) in [6.07, 6.45) is 4.63. The first-order valence-corrected chi connectivity index (χ1v) is 16.4. The Kier molecular flexibility index (Phi) is 6.30. The summed E-state index contributed by atoms with van der Waals surface area (Å²) in [5, 5.41) is 4.12. The van der Waals surface area contributed by atoms with Gasteiger partial charge in [0.2, 0.25) is 0 Å². The van der Waals surface area contributed by atoms with Crippen LogP contribution in [-0.4, -0.2) is 9.97 Å². The zero-order valence-corrected chi connectivity index (χ0v) is 30.8. The predicted octanol–water partition coefficient (Wildman–Crippen LogP) is 12.7. The molecule has 0 N–H and O–H groups in total. The van der Waals surface area contributed by atoms with Gasteiger partial charge in [-0.25, -0.2) is 0 Å². The molecule has 8 rings (SSSR count). The van der Waals surface area contributed by atoms with Crippen molar-refractivity contribution in [1.82, 2.24) is 9.97 Å². The summed E-state index contributed by atoms with van der Waals surface area (Å²) < 4.78 is 108. The number of aryl methyl sites for hydroxylation is 4. The van der Waals surface area contributed by atoms with Crippen molar-refractivity contribution < 1.29 is 42.3 Å². The molecule has 3 aromatic heterocycles. The topological polar surface area (TPSA) is 38.9 Å². The fourth-order valence-electron chi connectivity index (χ4n) is 7.56. The van der Waals surface area contributed by atoms with Gasteiger partial charge in [0.05, 0.1) is 5.58 Å². The molecule has 1 fully saturated rings. The Morgan fingerprint density at radius 1 is 0.740 bits per heavy atom. The number of rotatable bonds is 3. The third kappa shape index (κ3) is 7.20. The van der Waals surface area contributed by atoms with Crippen molar-refractivity contribution in [2.45, 2.75) is 80.3 Å². The number of hydrogen-bond donors (Lipinski definition) is 0. The van der Waals surface area contributed by atoms with Crippen LogP contribution in [0.1, 0.15) is 98.5 Å². The summed E-state index contributed by atoms with van der Waals surface area (Å²) in [5.41, 5.74) is 3.31. The van der Waals surface area contributed by atoms with Gasteiger partial charge in [0.15, 0.2) is 0 Å². The maximum absolute atomic E-state index is 9.68. The van der Waals surface area contributed by atoms with Crippen molar-refractivity contribution in [3.05, 3.63) is 131 Å². The molecule has 4 aromatic carbocycles. The number of aromatic nitrogens is 2. The SMILES string of the molecule is [2H]C([2H])([2H])c1c[c-]c(-c2cc(C([2H])([2H])[2H])c(C([2H])([2H])[2H])cn2)cc1.[2H]C([2H])([2H])c1cnc(-c2[c-]ccc3c2oc2c4ccccc4ccc32)cc1C1([2H])CC(C)(C)CC(C)(C)C1.[Ir]. The van der Waals surface area contributed by atoms with Crippen LogP contribution in [0.4, 0.5) is 0 Å². The Labute approximate surface area is 329 Å². The summed E-state index contributed by atoms with van der Waals surface area (Å²) in [7, 11) is 0. The molecule has 1 saturated carbocycles. The monoisotopic (exact) mass is 848 g/mol. The first-order chi connectivity index (χ1) is 28.6. The van der Waals surface area contributed by atoms with E-state index in [1.807, 2.05) is 30.3 Å². The van der Waals surface area contributed by atoms with E-state index >= 15 is 0 Å². The van der Waals surface area contributed by atoms with Crippen molar-refractivity contribution in [3.8, 4) is 22.5 Å².